The normalized spacial score (nSPS) is 47.8. The first-order chi connectivity index (χ1) is 7.20. The number of rotatable bonds is 2. The minimum atomic E-state index is -0.381. The van der Waals surface area contributed by atoms with Crippen molar-refractivity contribution in [1.29, 1.82) is 0 Å². The summed E-state index contributed by atoms with van der Waals surface area (Å²) in [5, 5.41) is 0. The molecule has 0 aromatic rings. The third-order valence-corrected chi connectivity index (χ3v) is 5.23. The maximum absolute atomic E-state index is 11.3. The van der Waals surface area contributed by atoms with Crippen molar-refractivity contribution in [2.75, 3.05) is 0 Å². The lowest BCUT2D eigenvalue weighted by atomic mass is 9.73. The van der Waals surface area contributed by atoms with Crippen LogP contribution >= 0.6 is 0 Å². The quantitative estimate of drug-likeness (QED) is 0.530. The molecule has 2 nitrogen and oxygen atoms in total. The molecule has 2 heteroatoms. The van der Waals surface area contributed by atoms with Crippen LogP contribution in [0.1, 0.15) is 41.5 Å². The molecule has 92 valence electrons. The predicted octanol–water partition coefficient (Wildman–Crippen LogP) is 3.42. The summed E-state index contributed by atoms with van der Waals surface area (Å²) in [4.78, 5) is 11.3. The Morgan fingerprint density at radius 2 is 1.75 bits per heavy atom. The van der Waals surface area contributed by atoms with E-state index in [0.29, 0.717) is 11.8 Å². The summed E-state index contributed by atoms with van der Waals surface area (Å²) in [7, 11) is 0. The Morgan fingerprint density at radius 1 is 1.25 bits per heavy atom. The van der Waals surface area contributed by atoms with Gasteiger partial charge in [0.15, 0.2) is 0 Å². The molecule has 0 heterocycles. The van der Waals surface area contributed by atoms with Gasteiger partial charge in [-0.25, -0.2) is 0 Å². The predicted molar refractivity (Wildman–Crippen MR) is 66.0 cm³/mol. The molecule has 0 spiro atoms. The maximum Gasteiger partial charge on any atom is 0.303 e. The van der Waals surface area contributed by atoms with E-state index in [1.807, 2.05) is 6.08 Å². The fraction of sp³-hybridized carbons (Fsp3) is 0.786. The van der Waals surface area contributed by atoms with E-state index in [2.05, 4.69) is 41.2 Å². The van der Waals surface area contributed by atoms with Crippen LogP contribution in [0, 0.1) is 23.2 Å². The number of hydrogen-bond donors (Lipinski definition) is 0. The number of carbonyl (C=O) groups is 1. The Hall–Kier alpha value is -0.790. The summed E-state index contributed by atoms with van der Waals surface area (Å²) >= 11 is 0. The molecular weight excluding hydrogens is 200 g/mol. The molecule has 0 N–H and O–H groups in total. The lowest BCUT2D eigenvalue weighted by Gasteiger charge is -2.36. The molecule has 1 aliphatic carbocycles. The molecule has 0 amide bonds. The van der Waals surface area contributed by atoms with E-state index in [1.54, 1.807) is 0 Å². The van der Waals surface area contributed by atoms with Crippen molar-refractivity contribution in [3.05, 3.63) is 12.7 Å². The Kier molecular flexibility index (Phi) is 3.24. The van der Waals surface area contributed by atoms with Crippen LogP contribution in [0.15, 0.2) is 12.7 Å². The zero-order chi connectivity index (χ0) is 12.7. The molecule has 0 aliphatic heterocycles. The number of hydrogen-bond acceptors (Lipinski definition) is 2. The summed E-state index contributed by atoms with van der Waals surface area (Å²) in [6.45, 7) is 16.2. The SMILES string of the molecule is C=C[C@]1(C)[C@H](C)C(C)[C@@](C)(OC(C)=O)[C@@H]1C. The largest absolute Gasteiger partial charge is 0.459 e. The van der Waals surface area contributed by atoms with Crippen molar-refractivity contribution in [3.8, 4) is 0 Å². The molecule has 0 bridgehead atoms. The lowest BCUT2D eigenvalue weighted by molar-refractivity contribution is -0.164. The highest BCUT2D eigenvalue weighted by atomic mass is 16.6. The molecular formula is C14H24O2. The van der Waals surface area contributed by atoms with E-state index < -0.39 is 0 Å². The van der Waals surface area contributed by atoms with Crippen LogP contribution in [0.25, 0.3) is 0 Å². The van der Waals surface area contributed by atoms with Gasteiger partial charge in [-0.3, -0.25) is 4.79 Å². The molecule has 5 atom stereocenters. The molecule has 0 aromatic heterocycles. The molecule has 0 saturated heterocycles. The number of carbonyl (C=O) groups excluding carboxylic acids is 1. The van der Waals surface area contributed by atoms with E-state index in [1.165, 1.54) is 6.92 Å². The topological polar surface area (TPSA) is 26.3 Å². The Morgan fingerprint density at radius 3 is 2.06 bits per heavy atom. The first kappa shape index (κ1) is 13.3. The van der Waals surface area contributed by atoms with E-state index in [-0.39, 0.29) is 22.9 Å². The summed E-state index contributed by atoms with van der Waals surface area (Å²) in [6, 6.07) is 0. The summed E-state index contributed by atoms with van der Waals surface area (Å²) in [5.41, 5.74) is -0.349. The third kappa shape index (κ3) is 1.59. The van der Waals surface area contributed by atoms with Gasteiger partial charge in [0.25, 0.3) is 0 Å². The smallest absolute Gasteiger partial charge is 0.303 e. The maximum atomic E-state index is 11.3. The second-order valence-corrected chi connectivity index (χ2v) is 5.65. The van der Waals surface area contributed by atoms with Gasteiger partial charge in [-0.2, -0.15) is 0 Å². The lowest BCUT2D eigenvalue weighted by Crippen LogP contribution is -2.41. The standard InChI is InChI=1S/C14H24O2/c1-8-13(6)9(2)10(3)14(7,11(13)4)16-12(5)15/h8-11H,1H2,2-7H3/t9-,10?,11-,13-,14-/m1/s1. The highest BCUT2D eigenvalue weighted by Gasteiger charge is 2.59. The fourth-order valence-corrected chi connectivity index (χ4v) is 3.29. The first-order valence-electron chi connectivity index (χ1n) is 6.03. The number of ether oxygens (including phenoxy) is 1. The Labute approximate surface area is 99.1 Å². The molecule has 0 radical (unpaired) electrons. The van der Waals surface area contributed by atoms with Crippen molar-refractivity contribution in [3.63, 3.8) is 0 Å². The average molecular weight is 224 g/mol. The zero-order valence-corrected chi connectivity index (χ0v) is 11.3. The van der Waals surface area contributed by atoms with Crippen LogP contribution in [-0.4, -0.2) is 11.6 Å². The van der Waals surface area contributed by atoms with Crippen LogP contribution in [0.3, 0.4) is 0 Å². The van der Waals surface area contributed by atoms with Gasteiger partial charge in [0.05, 0.1) is 0 Å². The molecule has 1 rings (SSSR count). The molecule has 1 fully saturated rings. The van der Waals surface area contributed by atoms with Gasteiger partial charge >= 0.3 is 5.97 Å². The van der Waals surface area contributed by atoms with Crippen LogP contribution in [0.4, 0.5) is 0 Å². The van der Waals surface area contributed by atoms with Crippen molar-refractivity contribution in [1.82, 2.24) is 0 Å². The van der Waals surface area contributed by atoms with Gasteiger partial charge in [-0.15, -0.1) is 6.58 Å². The van der Waals surface area contributed by atoms with Crippen LogP contribution < -0.4 is 0 Å². The molecule has 0 aromatic carbocycles. The van der Waals surface area contributed by atoms with E-state index in [4.69, 9.17) is 4.74 Å². The summed E-state index contributed by atoms with van der Waals surface area (Å²) in [6.07, 6.45) is 2.02. The van der Waals surface area contributed by atoms with Crippen molar-refractivity contribution >= 4 is 5.97 Å². The number of esters is 1. The summed E-state index contributed by atoms with van der Waals surface area (Å²) in [5.74, 6) is 0.895. The van der Waals surface area contributed by atoms with Gasteiger partial charge in [0.1, 0.15) is 5.60 Å². The first-order valence-corrected chi connectivity index (χ1v) is 6.03. The Bertz CT molecular complexity index is 310. The average Bonchev–Trinajstić information content (AvgIpc) is 2.33. The highest BCUT2D eigenvalue weighted by molar-refractivity contribution is 5.66. The molecule has 1 unspecified atom stereocenters. The third-order valence-electron chi connectivity index (χ3n) is 5.23. The molecule has 1 saturated carbocycles. The monoisotopic (exact) mass is 224 g/mol. The van der Waals surface area contributed by atoms with Gasteiger partial charge < -0.3 is 4.74 Å². The second kappa shape index (κ2) is 3.90. The van der Waals surface area contributed by atoms with Gasteiger partial charge in [0.2, 0.25) is 0 Å². The van der Waals surface area contributed by atoms with Gasteiger partial charge in [-0.05, 0) is 24.2 Å². The van der Waals surface area contributed by atoms with Gasteiger partial charge in [-0.1, -0.05) is 33.8 Å². The minimum absolute atomic E-state index is 0.0314. The van der Waals surface area contributed by atoms with E-state index >= 15 is 0 Å². The molecule has 1 aliphatic rings. The van der Waals surface area contributed by atoms with Crippen LogP contribution in [0.2, 0.25) is 0 Å². The van der Waals surface area contributed by atoms with Gasteiger partial charge in [0, 0.05) is 12.8 Å². The summed E-state index contributed by atoms with van der Waals surface area (Å²) < 4.78 is 5.60. The van der Waals surface area contributed by atoms with Crippen molar-refractivity contribution < 1.29 is 9.53 Å². The fourth-order valence-electron chi connectivity index (χ4n) is 3.29. The molecule has 16 heavy (non-hydrogen) atoms. The Balaban J connectivity index is 3.15. The van der Waals surface area contributed by atoms with Crippen molar-refractivity contribution in [2.45, 2.75) is 47.1 Å². The van der Waals surface area contributed by atoms with Crippen LogP contribution in [0.5, 0.6) is 0 Å². The highest BCUT2D eigenvalue weighted by Crippen LogP contribution is 2.57. The van der Waals surface area contributed by atoms with E-state index in [9.17, 15) is 4.79 Å². The van der Waals surface area contributed by atoms with Crippen LogP contribution in [-0.2, 0) is 9.53 Å². The number of allylic oxidation sites excluding steroid dienone is 1. The van der Waals surface area contributed by atoms with E-state index in [0.717, 1.165) is 0 Å². The minimum Gasteiger partial charge on any atom is -0.459 e. The van der Waals surface area contributed by atoms with Crippen molar-refractivity contribution in [2.24, 2.45) is 23.2 Å². The zero-order valence-electron chi connectivity index (χ0n) is 11.3. The second-order valence-electron chi connectivity index (χ2n) is 5.65.